The minimum Gasteiger partial charge on any atom is -0.356 e. The number of thiazole rings is 1. The zero-order chi connectivity index (χ0) is 17.0. The molecule has 1 fully saturated rings. The fraction of sp³-hybridized carbons (Fsp3) is 0.688. The van der Waals surface area contributed by atoms with E-state index in [0.717, 1.165) is 30.5 Å². The quantitative estimate of drug-likeness (QED) is 0.669. The van der Waals surface area contributed by atoms with Crippen molar-refractivity contribution in [3.05, 3.63) is 16.6 Å². The number of guanidine groups is 1. The van der Waals surface area contributed by atoms with Crippen LogP contribution in [-0.2, 0) is 11.2 Å². The molecule has 23 heavy (non-hydrogen) atoms. The molecule has 6 nitrogen and oxygen atoms in total. The zero-order valence-corrected chi connectivity index (χ0v) is 15.5. The van der Waals surface area contributed by atoms with Gasteiger partial charge < -0.3 is 15.1 Å². The first-order valence-corrected chi connectivity index (χ1v) is 8.89. The number of piperazine rings is 1. The van der Waals surface area contributed by atoms with Crippen LogP contribution in [-0.4, -0.2) is 64.9 Å². The van der Waals surface area contributed by atoms with Gasteiger partial charge in [-0.05, 0) is 27.7 Å². The summed E-state index contributed by atoms with van der Waals surface area (Å²) in [6.07, 6.45) is 2.68. The molecule has 0 atom stereocenters. The van der Waals surface area contributed by atoms with Crippen LogP contribution in [0.5, 0.6) is 0 Å². The first-order valence-electron chi connectivity index (χ1n) is 8.01. The topological polar surface area (TPSA) is 60.8 Å². The number of nitrogens with zero attached hydrogens (tertiary/aromatic N) is 4. The Labute approximate surface area is 142 Å². The number of hydrogen-bond acceptors (Lipinski definition) is 4. The molecule has 2 heterocycles. The zero-order valence-electron chi connectivity index (χ0n) is 14.7. The molecule has 1 N–H and O–H groups in total. The summed E-state index contributed by atoms with van der Waals surface area (Å²) in [5, 5.41) is 6.44. The maximum absolute atomic E-state index is 12.5. The Balaban J connectivity index is 1.98. The summed E-state index contributed by atoms with van der Waals surface area (Å²) < 4.78 is 0. The summed E-state index contributed by atoms with van der Waals surface area (Å²) in [6.45, 7) is 10.3. The molecule has 0 unspecified atom stereocenters. The van der Waals surface area contributed by atoms with Gasteiger partial charge in [0, 0.05) is 44.2 Å². The normalized spacial score (nSPS) is 18.7. The number of carbonyl (C=O) groups is 1. The Morgan fingerprint density at radius 1 is 1.52 bits per heavy atom. The fourth-order valence-corrected chi connectivity index (χ4v) is 3.92. The molecule has 0 aliphatic carbocycles. The molecule has 1 aromatic heterocycles. The molecule has 1 saturated heterocycles. The van der Waals surface area contributed by atoms with Gasteiger partial charge in [-0.1, -0.05) is 0 Å². The highest BCUT2D eigenvalue weighted by Crippen LogP contribution is 2.24. The molecule has 1 amide bonds. The lowest BCUT2D eigenvalue weighted by atomic mass is 9.96. The molecule has 0 radical (unpaired) electrons. The third-order valence-corrected chi connectivity index (χ3v) is 4.80. The Morgan fingerprint density at radius 2 is 2.26 bits per heavy atom. The van der Waals surface area contributed by atoms with Crippen LogP contribution in [0.3, 0.4) is 0 Å². The molecule has 0 spiro atoms. The number of rotatable bonds is 4. The molecule has 0 aromatic carbocycles. The van der Waals surface area contributed by atoms with Crippen molar-refractivity contribution in [1.29, 1.82) is 0 Å². The van der Waals surface area contributed by atoms with Crippen LogP contribution in [0, 0.1) is 0 Å². The van der Waals surface area contributed by atoms with Gasteiger partial charge >= 0.3 is 0 Å². The Hall–Kier alpha value is -1.63. The second kappa shape index (κ2) is 7.29. The summed E-state index contributed by atoms with van der Waals surface area (Å²) in [6, 6.07) is 0.208. The Morgan fingerprint density at radius 3 is 2.78 bits per heavy atom. The smallest absolute Gasteiger partial charge is 0.242 e. The van der Waals surface area contributed by atoms with Crippen molar-refractivity contribution < 1.29 is 4.79 Å². The largest absolute Gasteiger partial charge is 0.356 e. The van der Waals surface area contributed by atoms with Crippen LogP contribution in [0.4, 0.5) is 0 Å². The van der Waals surface area contributed by atoms with Gasteiger partial charge in [0.1, 0.15) is 0 Å². The Bertz CT molecular complexity index is 553. The van der Waals surface area contributed by atoms with E-state index in [1.807, 2.05) is 21.4 Å². The highest BCUT2D eigenvalue weighted by molar-refractivity contribution is 7.09. The van der Waals surface area contributed by atoms with Gasteiger partial charge in [0.2, 0.25) is 5.91 Å². The van der Waals surface area contributed by atoms with E-state index in [-0.39, 0.29) is 17.5 Å². The molecular formula is C16H27N5OS. The summed E-state index contributed by atoms with van der Waals surface area (Å²) >= 11 is 1.66. The Kier molecular flexibility index (Phi) is 5.62. The van der Waals surface area contributed by atoms with Crippen LogP contribution in [0.25, 0.3) is 0 Å². The first kappa shape index (κ1) is 17.7. The minimum atomic E-state index is -0.212. The van der Waals surface area contributed by atoms with Crippen LogP contribution < -0.4 is 5.32 Å². The maximum Gasteiger partial charge on any atom is 0.242 e. The molecule has 1 aromatic rings. The van der Waals surface area contributed by atoms with E-state index < -0.39 is 0 Å². The van der Waals surface area contributed by atoms with Crippen molar-refractivity contribution in [2.24, 2.45) is 4.99 Å². The van der Waals surface area contributed by atoms with Crippen molar-refractivity contribution in [3.8, 4) is 0 Å². The van der Waals surface area contributed by atoms with Crippen LogP contribution in [0.15, 0.2) is 16.6 Å². The predicted octanol–water partition coefficient (Wildman–Crippen LogP) is 1.59. The molecular weight excluding hydrogens is 310 g/mol. The first-order chi connectivity index (χ1) is 10.8. The predicted molar refractivity (Wildman–Crippen MR) is 94.8 cm³/mol. The van der Waals surface area contributed by atoms with E-state index in [1.54, 1.807) is 18.4 Å². The monoisotopic (exact) mass is 337 g/mol. The number of amides is 1. The summed E-state index contributed by atoms with van der Waals surface area (Å²) in [7, 11) is 1.76. The average molecular weight is 337 g/mol. The molecule has 2 rings (SSSR count). The van der Waals surface area contributed by atoms with Gasteiger partial charge in [-0.2, -0.15) is 0 Å². The van der Waals surface area contributed by atoms with Gasteiger partial charge in [-0.15, -0.1) is 11.3 Å². The third kappa shape index (κ3) is 4.22. The maximum atomic E-state index is 12.5. The highest BCUT2D eigenvalue weighted by atomic mass is 32.1. The number of aliphatic imine (C=N–C) groups is 1. The summed E-state index contributed by atoms with van der Waals surface area (Å²) in [5.41, 5.74) is -0.212. The van der Waals surface area contributed by atoms with Crippen molar-refractivity contribution in [2.45, 2.75) is 45.7 Å². The highest BCUT2D eigenvalue weighted by Gasteiger charge is 2.40. The fourth-order valence-electron chi connectivity index (χ4n) is 3.30. The number of nitrogens with one attached hydrogen (secondary N) is 1. The lowest BCUT2D eigenvalue weighted by Gasteiger charge is -2.49. The third-order valence-electron chi connectivity index (χ3n) is 3.96. The second-order valence-corrected chi connectivity index (χ2v) is 7.65. The van der Waals surface area contributed by atoms with Crippen molar-refractivity contribution in [1.82, 2.24) is 20.1 Å². The van der Waals surface area contributed by atoms with Gasteiger partial charge in [0.25, 0.3) is 0 Å². The van der Waals surface area contributed by atoms with Crippen LogP contribution in [0.2, 0.25) is 0 Å². The molecule has 1 aliphatic rings. The number of hydrogen-bond donors (Lipinski definition) is 1. The van der Waals surface area contributed by atoms with Gasteiger partial charge in [0.15, 0.2) is 5.96 Å². The number of aromatic nitrogens is 1. The van der Waals surface area contributed by atoms with Gasteiger partial charge in [-0.3, -0.25) is 9.79 Å². The lowest BCUT2D eigenvalue weighted by Crippen LogP contribution is -2.66. The summed E-state index contributed by atoms with van der Waals surface area (Å²) in [5.74, 6) is 0.936. The van der Waals surface area contributed by atoms with Gasteiger partial charge in [-0.25, -0.2) is 4.98 Å². The van der Waals surface area contributed by atoms with Crippen molar-refractivity contribution >= 4 is 23.2 Å². The van der Waals surface area contributed by atoms with E-state index >= 15 is 0 Å². The second-order valence-electron chi connectivity index (χ2n) is 6.68. The standard InChI is InChI=1S/C16H27N5OS/c1-12(2)21-14(22)10-20(11-16(21,3)4)15(17-5)19-7-6-13-18-8-9-23-13/h8-9,12H,6-7,10-11H2,1-5H3,(H,17,19). The van der Waals surface area contributed by atoms with E-state index in [0.29, 0.717) is 6.54 Å². The molecule has 1 aliphatic heterocycles. The molecule has 7 heteroatoms. The van der Waals surface area contributed by atoms with E-state index in [4.69, 9.17) is 0 Å². The van der Waals surface area contributed by atoms with Crippen molar-refractivity contribution in [2.75, 3.05) is 26.7 Å². The minimum absolute atomic E-state index is 0.152. The van der Waals surface area contributed by atoms with E-state index in [2.05, 4.69) is 43.0 Å². The van der Waals surface area contributed by atoms with E-state index in [9.17, 15) is 4.79 Å². The summed E-state index contributed by atoms with van der Waals surface area (Å²) in [4.78, 5) is 25.2. The van der Waals surface area contributed by atoms with Gasteiger partial charge in [0.05, 0.1) is 17.1 Å². The molecule has 128 valence electrons. The van der Waals surface area contributed by atoms with Crippen LogP contribution in [0.1, 0.15) is 32.7 Å². The lowest BCUT2D eigenvalue weighted by molar-refractivity contribution is -0.145. The SMILES string of the molecule is CN=C(NCCc1nccs1)N1CC(=O)N(C(C)C)C(C)(C)C1. The van der Waals surface area contributed by atoms with Crippen molar-refractivity contribution in [3.63, 3.8) is 0 Å². The average Bonchev–Trinajstić information content (AvgIpc) is 2.94. The number of carbonyl (C=O) groups excluding carboxylic acids is 1. The molecule has 0 saturated carbocycles. The van der Waals surface area contributed by atoms with Crippen LogP contribution >= 0.6 is 11.3 Å². The molecule has 0 bridgehead atoms. The van der Waals surface area contributed by atoms with E-state index in [1.165, 1.54) is 0 Å².